The summed E-state index contributed by atoms with van der Waals surface area (Å²) in [5, 5.41) is 9.17. The third-order valence-electron chi connectivity index (χ3n) is 2.65. The zero-order valence-corrected chi connectivity index (χ0v) is 10.4. The maximum absolute atomic E-state index is 10.8. The minimum Gasteiger partial charge on any atom is -0.368 e. The van der Waals surface area contributed by atoms with Crippen molar-refractivity contribution in [3.63, 3.8) is 0 Å². The highest BCUT2D eigenvalue weighted by atomic mass is 35.5. The highest BCUT2D eigenvalue weighted by molar-refractivity contribution is 6.34. The van der Waals surface area contributed by atoms with E-state index in [0.29, 0.717) is 16.4 Å². The van der Waals surface area contributed by atoms with Crippen molar-refractivity contribution in [3.8, 4) is 11.3 Å². The van der Waals surface area contributed by atoms with Crippen LogP contribution in [0, 0.1) is 0 Å². The molecule has 0 unspecified atom stereocenters. The lowest BCUT2D eigenvalue weighted by molar-refractivity contribution is -0.118. The summed E-state index contributed by atoms with van der Waals surface area (Å²) in [6, 6.07) is 1.86. The van der Waals surface area contributed by atoms with Crippen molar-refractivity contribution in [2.45, 2.75) is 6.54 Å². The summed E-state index contributed by atoms with van der Waals surface area (Å²) in [6.45, 7) is -0.0218. The van der Waals surface area contributed by atoms with Crippen molar-refractivity contribution in [1.82, 2.24) is 25.0 Å². The predicted octanol–water partition coefficient (Wildman–Crippen LogP) is 0.960. The highest BCUT2D eigenvalue weighted by Crippen LogP contribution is 2.32. The van der Waals surface area contributed by atoms with Crippen LogP contribution in [0.3, 0.4) is 0 Å². The molecule has 0 spiro atoms. The van der Waals surface area contributed by atoms with Gasteiger partial charge in [0.05, 0.1) is 11.2 Å². The number of H-pyrrole nitrogens is 1. The van der Waals surface area contributed by atoms with E-state index in [2.05, 4.69) is 20.3 Å². The molecule has 0 aliphatic rings. The summed E-state index contributed by atoms with van der Waals surface area (Å²) in [6.07, 6.45) is 4.94. The second-order valence-electron chi connectivity index (χ2n) is 3.99. The van der Waals surface area contributed by atoms with Gasteiger partial charge in [0.15, 0.2) is 0 Å². The molecule has 3 N–H and O–H groups in total. The summed E-state index contributed by atoms with van der Waals surface area (Å²) >= 11 is 6.16. The van der Waals surface area contributed by atoms with Crippen LogP contribution in [-0.4, -0.2) is 30.9 Å². The van der Waals surface area contributed by atoms with Crippen LogP contribution in [0.1, 0.15) is 0 Å². The lowest BCUT2D eigenvalue weighted by Crippen LogP contribution is -2.18. The minimum absolute atomic E-state index is 0.0218. The molecule has 0 atom stereocenters. The van der Waals surface area contributed by atoms with Gasteiger partial charge in [-0.2, -0.15) is 0 Å². The Morgan fingerprint density at radius 3 is 3.16 bits per heavy atom. The van der Waals surface area contributed by atoms with E-state index in [-0.39, 0.29) is 6.54 Å². The number of hydrogen-bond donors (Lipinski definition) is 2. The Morgan fingerprint density at radius 2 is 2.37 bits per heavy atom. The molecule has 1 amide bonds. The number of amides is 1. The van der Waals surface area contributed by atoms with E-state index in [4.69, 9.17) is 17.3 Å². The van der Waals surface area contributed by atoms with Crippen LogP contribution < -0.4 is 5.73 Å². The second kappa shape index (κ2) is 4.36. The Bertz CT molecular complexity index is 761. The van der Waals surface area contributed by atoms with Crippen LogP contribution in [0.2, 0.25) is 5.02 Å². The molecule has 19 heavy (non-hydrogen) atoms. The van der Waals surface area contributed by atoms with Crippen molar-refractivity contribution < 1.29 is 4.79 Å². The number of fused-ring (bicyclic) bond motifs is 1. The normalized spacial score (nSPS) is 11.0. The summed E-state index contributed by atoms with van der Waals surface area (Å²) < 4.78 is 1.37. The van der Waals surface area contributed by atoms with Crippen LogP contribution in [0.15, 0.2) is 24.7 Å². The molecule has 0 fully saturated rings. The van der Waals surface area contributed by atoms with Crippen LogP contribution in [0.25, 0.3) is 22.3 Å². The Kier molecular flexibility index (Phi) is 2.68. The van der Waals surface area contributed by atoms with Gasteiger partial charge in [0, 0.05) is 23.3 Å². The number of hydrogen-bond acceptors (Lipinski definition) is 4. The van der Waals surface area contributed by atoms with E-state index >= 15 is 0 Å². The summed E-state index contributed by atoms with van der Waals surface area (Å²) in [5.74, 6) is -0.482. The zero-order chi connectivity index (χ0) is 13.4. The van der Waals surface area contributed by atoms with Crippen molar-refractivity contribution in [3.05, 3.63) is 29.7 Å². The maximum Gasteiger partial charge on any atom is 0.239 e. The van der Waals surface area contributed by atoms with Gasteiger partial charge in [-0.05, 0) is 6.07 Å². The number of pyridine rings is 1. The number of primary amides is 1. The average Bonchev–Trinajstić information content (AvgIpc) is 2.97. The second-order valence-corrected chi connectivity index (χ2v) is 4.40. The van der Waals surface area contributed by atoms with E-state index in [9.17, 15) is 4.79 Å². The maximum atomic E-state index is 10.8. The first kappa shape index (κ1) is 11.7. The van der Waals surface area contributed by atoms with E-state index in [1.54, 1.807) is 18.6 Å². The Labute approximate surface area is 112 Å². The fraction of sp³-hybridized carbons (Fsp3) is 0.0909. The summed E-state index contributed by atoms with van der Waals surface area (Å²) in [5.41, 5.74) is 7.11. The van der Waals surface area contributed by atoms with Gasteiger partial charge in [0.1, 0.15) is 17.9 Å². The molecule has 0 aliphatic carbocycles. The Balaban J connectivity index is 2.13. The number of nitrogens with one attached hydrogen (secondary N) is 1. The van der Waals surface area contributed by atoms with Gasteiger partial charge in [-0.25, -0.2) is 9.67 Å². The predicted molar refractivity (Wildman–Crippen MR) is 69.3 cm³/mol. The Morgan fingerprint density at radius 1 is 1.53 bits per heavy atom. The minimum atomic E-state index is -0.482. The molecule has 3 aromatic heterocycles. The topological polar surface area (TPSA) is 102 Å². The molecular weight excluding hydrogens is 268 g/mol. The monoisotopic (exact) mass is 276 g/mol. The number of nitrogens with zero attached hydrogens (tertiary/aromatic N) is 4. The lowest BCUT2D eigenvalue weighted by Gasteiger charge is -2.01. The van der Waals surface area contributed by atoms with E-state index in [1.165, 1.54) is 4.68 Å². The SMILES string of the molecule is NC(=O)Cn1cc(-c2c(Cl)cnc3[nH]ccc23)nn1. The fourth-order valence-electron chi connectivity index (χ4n) is 1.89. The highest BCUT2D eigenvalue weighted by Gasteiger charge is 2.14. The molecule has 7 nitrogen and oxygen atoms in total. The first-order valence-electron chi connectivity index (χ1n) is 5.45. The molecule has 0 radical (unpaired) electrons. The van der Waals surface area contributed by atoms with Crippen LogP contribution >= 0.6 is 11.6 Å². The number of halogens is 1. The zero-order valence-electron chi connectivity index (χ0n) is 9.67. The van der Waals surface area contributed by atoms with Gasteiger partial charge < -0.3 is 10.7 Å². The van der Waals surface area contributed by atoms with Crippen molar-refractivity contribution in [2.75, 3.05) is 0 Å². The number of aromatic nitrogens is 5. The molecule has 8 heteroatoms. The molecule has 0 aliphatic heterocycles. The van der Waals surface area contributed by atoms with Crippen LogP contribution in [-0.2, 0) is 11.3 Å². The molecule has 3 rings (SSSR count). The van der Waals surface area contributed by atoms with Crippen LogP contribution in [0.4, 0.5) is 0 Å². The number of carbonyl (C=O) groups is 1. The van der Waals surface area contributed by atoms with Gasteiger partial charge in [-0.1, -0.05) is 16.8 Å². The van der Waals surface area contributed by atoms with Gasteiger partial charge >= 0.3 is 0 Å². The van der Waals surface area contributed by atoms with Gasteiger partial charge in [-0.3, -0.25) is 4.79 Å². The van der Waals surface area contributed by atoms with Crippen LogP contribution in [0.5, 0.6) is 0 Å². The van der Waals surface area contributed by atoms with E-state index in [0.717, 1.165) is 10.9 Å². The van der Waals surface area contributed by atoms with Gasteiger partial charge in [0.2, 0.25) is 5.91 Å². The molecule has 0 aromatic carbocycles. The fourth-order valence-corrected chi connectivity index (χ4v) is 2.14. The summed E-state index contributed by atoms with van der Waals surface area (Å²) in [4.78, 5) is 18.0. The summed E-state index contributed by atoms with van der Waals surface area (Å²) in [7, 11) is 0. The molecule has 0 saturated heterocycles. The molecule has 0 bridgehead atoms. The Hall–Kier alpha value is -2.41. The van der Waals surface area contributed by atoms with Crippen molar-refractivity contribution in [1.29, 1.82) is 0 Å². The molecule has 96 valence electrons. The number of nitrogens with two attached hydrogens (primary N) is 1. The number of carbonyl (C=O) groups excluding carboxylic acids is 1. The molecule has 3 aromatic rings. The number of rotatable bonds is 3. The lowest BCUT2D eigenvalue weighted by atomic mass is 10.1. The van der Waals surface area contributed by atoms with Crippen molar-refractivity contribution >= 4 is 28.5 Å². The molecule has 3 heterocycles. The van der Waals surface area contributed by atoms with E-state index in [1.807, 2.05) is 6.07 Å². The standard InChI is InChI=1S/C11H9ClN6O/c12-7-3-15-11-6(1-2-14-11)10(7)8-4-18(17-16-8)5-9(13)19/h1-4H,5H2,(H2,13,19)(H,14,15). The smallest absolute Gasteiger partial charge is 0.239 e. The largest absolute Gasteiger partial charge is 0.368 e. The molecule has 0 saturated carbocycles. The third-order valence-corrected chi connectivity index (χ3v) is 2.94. The first-order valence-corrected chi connectivity index (χ1v) is 5.83. The molecular formula is C11H9ClN6O. The quantitative estimate of drug-likeness (QED) is 0.743. The average molecular weight is 277 g/mol. The van der Waals surface area contributed by atoms with Gasteiger partial charge in [-0.15, -0.1) is 5.10 Å². The van der Waals surface area contributed by atoms with Crippen molar-refractivity contribution in [2.24, 2.45) is 5.73 Å². The van der Waals surface area contributed by atoms with Gasteiger partial charge in [0.25, 0.3) is 0 Å². The third kappa shape index (κ3) is 2.04. The number of aromatic amines is 1. The van der Waals surface area contributed by atoms with E-state index < -0.39 is 5.91 Å². The first-order chi connectivity index (χ1) is 9.15.